The Kier molecular flexibility index (Phi) is 4.62. The van der Waals surface area contributed by atoms with Crippen molar-refractivity contribution in [2.24, 2.45) is 0 Å². The second-order valence-corrected chi connectivity index (χ2v) is 8.72. The molecular formula is C17H12Cl2N4OS2. The molecule has 0 bridgehead atoms. The molecule has 0 spiro atoms. The number of amidine groups is 1. The van der Waals surface area contributed by atoms with Crippen LogP contribution in [0.5, 0.6) is 0 Å². The number of anilines is 3. The highest BCUT2D eigenvalue weighted by Crippen LogP contribution is 2.33. The smallest absolute Gasteiger partial charge is 0.258 e. The monoisotopic (exact) mass is 422 g/mol. The molecule has 4 rings (SSSR count). The summed E-state index contributed by atoms with van der Waals surface area (Å²) in [6, 6.07) is 10.8. The molecule has 1 aliphatic heterocycles. The molecule has 1 amide bonds. The number of halogens is 2. The van der Waals surface area contributed by atoms with E-state index in [0.29, 0.717) is 32.4 Å². The summed E-state index contributed by atoms with van der Waals surface area (Å²) in [6.07, 6.45) is 0. The fourth-order valence-electron chi connectivity index (χ4n) is 2.65. The first-order chi connectivity index (χ1) is 12.5. The van der Waals surface area contributed by atoms with Crippen LogP contribution >= 0.6 is 45.9 Å². The van der Waals surface area contributed by atoms with Crippen LogP contribution in [0.15, 0.2) is 41.8 Å². The molecule has 0 saturated heterocycles. The summed E-state index contributed by atoms with van der Waals surface area (Å²) in [4.78, 5) is 14.2. The number of hydrogen-bond acceptors (Lipinski definition) is 5. The van der Waals surface area contributed by atoms with Gasteiger partial charge in [0.15, 0.2) is 0 Å². The van der Waals surface area contributed by atoms with Crippen molar-refractivity contribution in [1.29, 1.82) is 5.41 Å². The fourth-order valence-corrected chi connectivity index (χ4v) is 4.88. The van der Waals surface area contributed by atoms with Crippen LogP contribution in [0.2, 0.25) is 8.67 Å². The van der Waals surface area contributed by atoms with Gasteiger partial charge in [-0.3, -0.25) is 10.2 Å². The fraction of sp³-hybridized carbons (Fsp3) is 0.0588. The largest absolute Gasteiger partial charge is 0.359 e. The van der Waals surface area contributed by atoms with Gasteiger partial charge in [0.1, 0.15) is 15.2 Å². The van der Waals surface area contributed by atoms with Crippen LogP contribution in [0.4, 0.5) is 16.4 Å². The standard InChI is InChI=1S/C17H12Cl2N4OS2/c18-13-7-12(14(19)26-13)16(24)22-9-1-3-10(4-2-9)23-8-21-17-11(15(23)20)5-6-25-17/h1-7,20-21H,8H2,(H,22,24). The maximum atomic E-state index is 12.3. The number of rotatable bonds is 3. The van der Waals surface area contributed by atoms with Gasteiger partial charge >= 0.3 is 0 Å². The van der Waals surface area contributed by atoms with Crippen LogP contribution in [0.25, 0.3) is 0 Å². The number of carbonyl (C=O) groups excluding carboxylic acids is 1. The van der Waals surface area contributed by atoms with Crippen molar-refractivity contribution in [3.63, 3.8) is 0 Å². The number of carbonyl (C=O) groups is 1. The molecule has 9 heteroatoms. The Labute approximate surface area is 167 Å². The highest BCUT2D eigenvalue weighted by Gasteiger charge is 2.23. The first-order valence-electron chi connectivity index (χ1n) is 7.57. The van der Waals surface area contributed by atoms with Gasteiger partial charge in [0.2, 0.25) is 0 Å². The van der Waals surface area contributed by atoms with Gasteiger partial charge in [0.25, 0.3) is 5.91 Å². The van der Waals surface area contributed by atoms with Gasteiger partial charge in [-0.15, -0.1) is 22.7 Å². The first kappa shape index (κ1) is 17.4. The minimum atomic E-state index is -0.304. The van der Waals surface area contributed by atoms with E-state index in [9.17, 15) is 4.79 Å². The molecule has 3 N–H and O–H groups in total. The lowest BCUT2D eigenvalue weighted by Gasteiger charge is -2.30. The Hall–Kier alpha value is -2.06. The Balaban J connectivity index is 1.50. The van der Waals surface area contributed by atoms with Gasteiger partial charge in [-0.25, -0.2) is 0 Å². The summed E-state index contributed by atoms with van der Waals surface area (Å²) >= 11 is 14.7. The van der Waals surface area contributed by atoms with Crippen molar-refractivity contribution in [2.45, 2.75) is 0 Å². The van der Waals surface area contributed by atoms with E-state index in [-0.39, 0.29) is 5.91 Å². The molecule has 0 radical (unpaired) electrons. The summed E-state index contributed by atoms with van der Waals surface area (Å²) in [6.45, 7) is 0.529. The van der Waals surface area contributed by atoms with E-state index in [1.54, 1.807) is 29.5 Å². The van der Waals surface area contributed by atoms with Crippen molar-refractivity contribution in [3.8, 4) is 0 Å². The molecule has 3 aromatic rings. The molecule has 0 aliphatic carbocycles. The zero-order chi connectivity index (χ0) is 18.3. The van der Waals surface area contributed by atoms with Crippen molar-refractivity contribution < 1.29 is 4.79 Å². The molecule has 1 aromatic carbocycles. The molecule has 0 saturated carbocycles. The lowest BCUT2D eigenvalue weighted by atomic mass is 10.2. The van der Waals surface area contributed by atoms with E-state index in [2.05, 4.69) is 10.6 Å². The molecule has 0 unspecified atom stereocenters. The summed E-state index contributed by atoms with van der Waals surface area (Å²) in [7, 11) is 0. The van der Waals surface area contributed by atoms with E-state index >= 15 is 0 Å². The van der Waals surface area contributed by atoms with Crippen LogP contribution in [-0.2, 0) is 0 Å². The van der Waals surface area contributed by atoms with Crippen LogP contribution in [0.3, 0.4) is 0 Å². The van der Waals surface area contributed by atoms with E-state index in [0.717, 1.165) is 27.6 Å². The third-order valence-corrected chi connectivity index (χ3v) is 6.29. The summed E-state index contributed by atoms with van der Waals surface area (Å²) in [5.41, 5.74) is 2.76. The number of fused-ring (bicyclic) bond motifs is 1. The Morgan fingerprint density at radius 1 is 1.23 bits per heavy atom. The zero-order valence-corrected chi connectivity index (χ0v) is 16.3. The van der Waals surface area contributed by atoms with Crippen molar-refractivity contribution in [3.05, 3.63) is 61.6 Å². The quantitative estimate of drug-likeness (QED) is 0.515. The maximum Gasteiger partial charge on any atom is 0.258 e. The number of thiophene rings is 2. The van der Waals surface area contributed by atoms with Crippen LogP contribution in [0.1, 0.15) is 15.9 Å². The number of nitrogens with zero attached hydrogens (tertiary/aromatic N) is 1. The van der Waals surface area contributed by atoms with Gasteiger partial charge in [-0.05, 0) is 41.8 Å². The lowest BCUT2D eigenvalue weighted by molar-refractivity contribution is 0.102. The van der Waals surface area contributed by atoms with Crippen LogP contribution in [-0.4, -0.2) is 18.4 Å². The number of hydrogen-bond donors (Lipinski definition) is 3. The van der Waals surface area contributed by atoms with E-state index in [4.69, 9.17) is 28.6 Å². The Morgan fingerprint density at radius 3 is 2.69 bits per heavy atom. The van der Waals surface area contributed by atoms with E-state index in [1.165, 1.54) is 0 Å². The minimum Gasteiger partial charge on any atom is -0.359 e. The average Bonchev–Trinajstić information content (AvgIpc) is 3.22. The van der Waals surface area contributed by atoms with Gasteiger partial charge in [0, 0.05) is 11.4 Å². The molecular weight excluding hydrogens is 411 g/mol. The number of benzene rings is 1. The molecule has 1 aliphatic rings. The van der Waals surface area contributed by atoms with E-state index in [1.807, 2.05) is 28.5 Å². The second-order valence-electron chi connectivity index (χ2n) is 5.51. The molecule has 5 nitrogen and oxygen atoms in total. The minimum absolute atomic E-state index is 0.304. The summed E-state index contributed by atoms with van der Waals surface area (Å²) in [5.74, 6) is 0.151. The number of nitrogens with one attached hydrogen (secondary N) is 3. The number of amides is 1. The van der Waals surface area contributed by atoms with Crippen LogP contribution < -0.4 is 15.5 Å². The van der Waals surface area contributed by atoms with Gasteiger partial charge in [0.05, 0.1) is 22.1 Å². The molecule has 0 fully saturated rings. The molecule has 0 atom stereocenters. The summed E-state index contributed by atoms with van der Waals surface area (Å²) < 4.78 is 0.836. The molecule has 26 heavy (non-hydrogen) atoms. The lowest BCUT2D eigenvalue weighted by Crippen LogP contribution is -2.39. The molecule has 3 heterocycles. The van der Waals surface area contributed by atoms with E-state index < -0.39 is 0 Å². The zero-order valence-electron chi connectivity index (χ0n) is 13.2. The Bertz CT molecular complexity index is 997. The molecule has 2 aromatic heterocycles. The first-order valence-corrected chi connectivity index (χ1v) is 10.0. The summed E-state index contributed by atoms with van der Waals surface area (Å²) in [5, 5.41) is 17.5. The van der Waals surface area contributed by atoms with Gasteiger partial charge in [-0.1, -0.05) is 23.2 Å². The van der Waals surface area contributed by atoms with Gasteiger partial charge in [-0.2, -0.15) is 0 Å². The highest BCUT2D eigenvalue weighted by atomic mass is 35.5. The SMILES string of the molecule is N=C1c2ccsc2NCN1c1ccc(NC(=O)c2cc(Cl)sc2Cl)cc1. The predicted octanol–water partition coefficient (Wildman–Crippen LogP) is 5.58. The molecule has 132 valence electrons. The maximum absolute atomic E-state index is 12.3. The van der Waals surface area contributed by atoms with Crippen molar-refractivity contribution >= 4 is 74.0 Å². The normalized spacial score (nSPS) is 13.3. The van der Waals surface area contributed by atoms with Gasteiger partial charge < -0.3 is 15.5 Å². The van der Waals surface area contributed by atoms with Crippen LogP contribution in [0, 0.1) is 5.41 Å². The highest BCUT2D eigenvalue weighted by molar-refractivity contribution is 7.20. The third kappa shape index (κ3) is 3.19. The van der Waals surface area contributed by atoms with Crippen molar-refractivity contribution in [1.82, 2.24) is 0 Å². The topological polar surface area (TPSA) is 68.2 Å². The predicted molar refractivity (Wildman–Crippen MR) is 111 cm³/mol. The second kappa shape index (κ2) is 6.92. The third-order valence-electron chi connectivity index (χ3n) is 3.93. The Morgan fingerprint density at radius 2 is 2.00 bits per heavy atom. The average molecular weight is 423 g/mol. The van der Waals surface area contributed by atoms with Crippen molar-refractivity contribution in [2.75, 3.05) is 22.2 Å².